The van der Waals surface area contributed by atoms with Gasteiger partial charge in [-0.15, -0.1) is 0 Å². The number of hydrogen-bond donors (Lipinski definition) is 2. The monoisotopic (exact) mass is 377 g/mol. The molecule has 0 aliphatic heterocycles. The van der Waals surface area contributed by atoms with Gasteiger partial charge in [-0.05, 0) is 48.9 Å². The van der Waals surface area contributed by atoms with Gasteiger partial charge in [0.05, 0.1) is 12.2 Å². The third-order valence-corrected chi connectivity index (χ3v) is 3.72. The van der Waals surface area contributed by atoms with E-state index in [-0.39, 0.29) is 23.5 Å². The van der Waals surface area contributed by atoms with Crippen molar-refractivity contribution in [3.8, 4) is 0 Å². The number of nitrogens with one attached hydrogen (secondary N) is 2. The topological polar surface area (TPSA) is 106 Å². The molecule has 8 heteroatoms. The number of amides is 1. The molecule has 8 nitrogen and oxygen atoms in total. The smallest absolute Gasteiger partial charge is 0.338 e. The summed E-state index contributed by atoms with van der Waals surface area (Å²) in [5, 5.41) is 5.80. The summed E-state index contributed by atoms with van der Waals surface area (Å²) in [6.45, 7) is 2.43. The van der Waals surface area contributed by atoms with Crippen LogP contribution in [0.4, 0.5) is 11.6 Å². The second-order valence-electron chi connectivity index (χ2n) is 5.73. The summed E-state index contributed by atoms with van der Waals surface area (Å²) in [7, 11) is 0. The lowest BCUT2D eigenvalue weighted by Crippen LogP contribution is -2.24. The lowest BCUT2D eigenvalue weighted by molar-refractivity contribution is 0.0526. The lowest BCUT2D eigenvalue weighted by Gasteiger charge is -2.08. The van der Waals surface area contributed by atoms with E-state index in [0.717, 1.165) is 5.56 Å². The van der Waals surface area contributed by atoms with Gasteiger partial charge in [-0.1, -0.05) is 6.07 Å². The standard InChI is InChI=1S/C20H19N5O3/c1-2-28-19(27)15-5-7-16(8-6-15)24-20-22-11-9-17(25-20)18(26)23-13-14-4-3-10-21-12-14/h3-12H,2,13H2,1H3,(H,23,26)(H,22,24,25). The average Bonchev–Trinajstić information content (AvgIpc) is 2.73. The van der Waals surface area contributed by atoms with Crippen LogP contribution in [0.25, 0.3) is 0 Å². The van der Waals surface area contributed by atoms with Crippen molar-refractivity contribution < 1.29 is 14.3 Å². The summed E-state index contributed by atoms with van der Waals surface area (Å²) in [6, 6.07) is 11.9. The highest BCUT2D eigenvalue weighted by Crippen LogP contribution is 2.15. The molecule has 2 heterocycles. The minimum absolute atomic E-state index is 0.240. The van der Waals surface area contributed by atoms with E-state index in [1.54, 1.807) is 49.6 Å². The first kappa shape index (κ1) is 19.0. The molecule has 0 spiro atoms. The average molecular weight is 377 g/mol. The van der Waals surface area contributed by atoms with Crippen LogP contribution in [-0.2, 0) is 11.3 Å². The maximum Gasteiger partial charge on any atom is 0.338 e. The van der Waals surface area contributed by atoms with Gasteiger partial charge < -0.3 is 15.4 Å². The van der Waals surface area contributed by atoms with Crippen molar-refractivity contribution in [2.24, 2.45) is 0 Å². The zero-order chi connectivity index (χ0) is 19.8. The molecule has 0 saturated carbocycles. The van der Waals surface area contributed by atoms with Gasteiger partial charge in [0.25, 0.3) is 5.91 Å². The van der Waals surface area contributed by atoms with E-state index >= 15 is 0 Å². The van der Waals surface area contributed by atoms with Crippen LogP contribution in [0.15, 0.2) is 61.1 Å². The largest absolute Gasteiger partial charge is 0.462 e. The molecule has 0 aliphatic carbocycles. The number of rotatable bonds is 7. The Morgan fingerprint density at radius 2 is 1.89 bits per heavy atom. The summed E-state index contributed by atoms with van der Waals surface area (Å²) < 4.78 is 4.95. The fourth-order valence-electron chi connectivity index (χ4n) is 2.35. The summed E-state index contributed by atoms with van der Waals surface area (Å²) >= 11 is 0. The first-order chi connectivity index (χ1) is 13.7. The van der Waals surface area contributed by atoms with Crippen molar-refractivity contribution >= 4 is 23.5 Å². The van der Waals surface area contributed by atoms with Gasteiger partial charge in [0.15, 0.2) is 0 Å². The van der Waals surface area contributed by atoms with Crippen LogP contribution in [0.5, 0.6) is 0 Å². The normalized spacial score (nSPS) is 10.2. The Labute approximate surface area is 162 Å². The zero-order valence-corrected chi connectivity index (χ0v) is 15.3. The maximum atomic E-state index is 12.3. The lowest BCUT2D eigenvalue weighted by atomic mass is 10.2. The fraction of sp³-hybridized carbons (Fsp3) is 0.150. The molecule has 2 aromatic heterocycles. The summed E-state index contributed by atoms with van der Waals surface area (Å²) in [5.41, 5.74) is 2.27. The molecule has 0 atom stereocenters. The molecule has 0 fully saturated rings. The molecule has 0 unspecified atom stereocenters. The van der Waals surface area contributed by atoms with E-state index < -0.39 is 0 Å². The van der Waals surface area contributed by atoms with Crippen molar-refractivity contribution in [3.05, 3.63) is 77.9 Å². The molecule has 28 heavy (non-hydrogen) atoms. The predicted molar refractivity (Wildman–Crippen MR) is 103 cm³/mol. The van der Waals surface area contributed by atoms with Crippen LogP contribution >= 0.6 is 0 Å². The van der Waals surface area contributed by atoms with E-state index in [2.05, 4.69) is 25.6 Å². The van der Waals surface area contributed by atoms with Crippen LogP contribution in [0.3, 0.4) is 0 Å². The van der Waals surface area contributed by atoms with Crippen LogP contribution in [0.2, 0.25) is 0 Å². The van der Waals surface area contributed by atoms with Crippen LogP contribution < -0.4 is 10.6 Å². The van der Waals surface area contributed by atoms with Crippen molar-refractivity contribution in [2.45, 2.75) is 13.5 Å². The number of pyridine rings is 1. The van der Waals surface area contributed by atoms with Crippen LogP contribution in [0, 0.1) is 0 Å². The highest BCUT2D eigenvalue weighted by molar-refractivity contribution is 5.92. The Kier molecular flexibility index (Phi) is 6.25. The Balaban J connectivity index is 1.62. The Morgan fingerprint density at radius 1 is 1.07 bits per heavy atom. The van der Waals surface area contributed by atoms with Crippen LogP contribution in [0.1, 0.15) is 33.3 Å². The molecule has 0 bridgehead atoms. The van der Waals surface area contributed by atoms with Crippen molar-refractivity contribution in [1.82, 2.24) is 20.3 Å². The first-order valence-corrected chi connectivity index (χ1v) is 8.70. The third kappa shape index (κ3) is 5.10. The quantitative estimate of drug-likeness (QED) is 0.610. The molecular weight excluding hydrogens is 358 g/mol. The Morgan fingerprint density at radius 3 is 2.61 bits per heavy atom. The van der Waals surface area contributed by atoms with Gasteiger partial charge in [-0.3, -0.25) is 9.78 Å². The van der Waals surface area contributed by atoms with Gasteiger partial charge in [0.2, 0.25) is 5.95 Å². The number of carbonyl (C=O) groups is 2. The molecule has 142 valence electrons. The van der Waals surface area contributed by atoms with Crippen molar-refractivity contribution in [2.75, 3.05) is 11.9 Å². The molecule has 3 aromatic rings. The molecule has 0 radical (unpaired) electrons. The Bertz CT molecular complexity index is 946. The SMILES string of the molecule is CCOC(=O)c1ccc(Nc2nccc(C(=O)NCc3cccnc3)n2)cc1. The van der Waals surface area contributed by atoms with E-state index in [1.807, 2.05) is 6.07 Å². The highest BCUT2D eigenvalue weighted by atomic mass is 16.5. The first-order valence-electron chi connectivity index (χ1n) is 8.70. The number of benzene rings is 1. The minimum atomic E-state index is -0.377. The second-order valence-corrected chi connectivity index (χ2v) is 5.73. The number of aromatic nitrogens is 3. The van der Waals surface area contributed by atoms with Crippen molar-refractivity contribution in [3.63, 3.8) is 0 Å². The summed E-state index contributed by atoms with van der Waals surface area (Å²) in [6.07, 6.45) is 4.86. The highest BCUT2D eigenvalue weighted by Gasteiger charge is 2.10. The minimum Gasteiger partial charge on any atom is -0.462 e. The molecule has 0 aliphatic rings. The zero-order valence-electron chi connectivity index (χ0n) is 15.3. The number of esters is 1. The number of anilines is 2. The fourth-order valence-corrected chi connectivity index (χ4v) is 2.35. The van der Waals surface area contributed by atoms with E-state index in [9.17, 15) is 9.59 Å². The molecule has 3 rings (SSSR count). The predicted octanol–water partition coefficient (Wildman–Crippen LogP) is 2.72. The second kappa shape index (κ2) is 9.22. The van der Waals surface area contributed by atoms with Gasteiger partial charge in [0.1, 0.15) is 5.69 Å². The van der Waals surface area contributed by atoms with Gasteiger partial charge in [-0.2, -0.15) is 0 Å². The molecule has 1 amide bonds. The molecule has 2 N–H and O–H groups in total. The number of ether oxygens (including phenoxy) is 1. The van der Waals surface area contributed by atoms with Crippen molar-refractivity contribution in [1.29, 1.82) is 0 Å². The van der Waals surface area contributed by atoms with Crippen LogP contribution in [-0.4, -0.2) is 33.4 Å². The molecule has 1 aromatic carbocycles. The maximum absolute atomic E-state index is 12.3. The third-order valence-electron chi connectivity index (χ3n) is 3.72. The molecular formula is C20H19N5O3. The number of carbonyl (C=O) groups excluding carboxylic acids is 2. The Hall–Kier alpha value is -3.81. The van der Waals surface area contributed by atoms with E-state index in [4.69, 9.17) is 4.74 Å². The number of nitrogens with zero attached hydrogens (tertiary/aromatic N) is 3. The van der Waals surface area contributed by atoms with E-state index in [0.29, 0.717) is 24.4 Å². The van der Waals surface area contributed by atoms with Gasteiger partial charge in [-0.25, -0.2) is 14.8 Å². The molecule has 0 saturated heterocycles. The van der Waals surface area contributed by atoms with E-state index in [1.165, 1.54) is 12.3 Å². The summed E-state index contributed by atoms with van der Waals surface area (Å²) in [4.78, 5) is 36.3. The van der Waals surface area contributed by atoms with Gasteiger partial charge in [0, 0.05) is 30.8 Å². The van der Waals surface area contributed by atoms with Gasteiger partial charge >= 0.3 is 5.97 Å². The number of hydrogen-bond acceptors (Lipinski definition) is 7. The summed E-state index contributed by atoms with van der Waals surface area (Å²) in [5.74, 6) is -0.414.